The van der Waals surface area contributed by atoms with Crippen molar-refractivity contribution in [2.75, 3.05) is 5.32 Å². The number of nitrogens with zero attached hydrogens (tertiary/aromatic N) is 5. The van der Waals surface area contributed by atoms with Crippen LogP contribution in [-0.2, 0) is 0 Å². The fraction of sp³-hybridized carbons (Fsp3) is 0. The van der Waals surface area contributed by atoms with Crippen molar-refractivity contribution in [3.05, 3.63) is 62.4 Å². The molecular weight excluding hydrogens is 513 g/mol. The third-order valence-electron chi connectivity index (χ3n) is 3.86. The van der Waals surface area contributed by atoms with Crippen LogP contribution in [0.2, 0.25) is 0 Å². The van der Waals surface area contributed by atoms with Gasteiger partial charge in [0.25, 0.3) is 0 Å². The van der Waals surface area contributed by atoms with Gasteiger partial charge >= 0.3 is 0 Å². The topological polar surface area (TPSA) is 135 Å². The number of phenols is 1. The highest BCUT2D eigenvalue weighted by Gasteiger charge is 2.23. The van der Waals surface area contributed by atoms with Crippen molar-refractivity contribution in [1.82, 2.24) is 20.3 Å². The first kappa shape index (κ1) is 19.2. The van der Waals surface area contributed by atoms with E-state index >= 15 is 0 Å². The van der Waals surface area contributed by atoms with Crippen molar-refractivity contribution in [3.8, 4) is 5.75 Å². The van der Waals surface area contributed by atoms with Gasteiger partial charge in [-0.3, -0.25) is 0 Å². The summed E-state index contributed by atoms with van der Waals surface area (Å²) in [5.74, 6) is 5.38. The molecule has 2 aromatic carbocycles. The first-order valence-electron chi connectivity index (χ1n) is 7.96. The highest BCUT2D eigenvalue weighted by atomic mass is 79.9. The van der Waals surface area contributed by atoms with Gasteiger partial charge in [-0.05, 0) is 62.6 Å². The average molecular weight is 523 g/mol. The van der Waals surface area contributed by atoms with Crippen LogP contribution >= 0.6 is 31.9 Å². The van der Waals surface area contributed by atoms with E-state index in [1.165, 1.54) is 24.3 Å². The molecule has 2 aromatic heterocycles. The number of aromatic hydroxyl groups is 1. The van der Waals surface area contributed by atoms with E-state index < -0.39 is 0 Å². The fourth-order valence-corrected chi connectivity index (χ4v) is 3.79. The summed E-state index contributed by atoms with van der Waals surface area (Å²) in [4.78, 5) is 8.72. The highest BCUT2D eigenvalue weighted by Crippen LogP contribution is 2.34. The van der Waals surface area contributed by atoms with E-state index in [1.54, 1.807) is 12.1 Å². The second-order valence-corrected chi connectivity index (χ2v) is 7.50. The Balaban J connectivity index is 1.90. The molecule has 0 fully saturated rings. The van der Waals surface area contributed by atoms with E-state index in [4.69, 9.17) is 5.84 Å². The van der Waals surface area contributed by atoms with Crippen molar-refractivity contribution in [2.45, 2.75) is 0 Å². The number of hydrogen-bond donors (Lipinski definition) is 3. The van der Waals surface area contributed by atoms with Crippen LogP contribution in [0.4, 0.5) is 15.9 Å². The molecule has 29 heavy (non-hydrogen) atoms. The van der Waals surface area contributed by atoms with E-state index in [0.717, 1.165) is 0 Å². The van der Waals surface area contributed by atoms with Gasteiger partial charge in [0.05, 0.1) is 4.47 Å². The van der Waals surface area contributed by atoms with Crippen LogP contribution in [0.1, 0.15) is 11.3 Å². The molecule has 2 heterocycles. The molecule has 0 aliphatic heterocycles. The van der Waals surface area contributed by atoms with E-state index in [1.807, 2.05) is 0 Å². The van der Waals surface area contributed by atoms with Crippen LogP contribution in [0.25, 0.3) is 11.3 Å². The molecule has 0 unspecified atom stereocenters. The number of hydrogen-bond acceptors (Lipinski definition) is 9. The molecule has 0 bridgehead atoms. The summed E-state index contributed by atoms with van der Waals surface area (Å²) in [6.07, 6.45) is 0. The molecule has 0 radical (unpaired) electrons. The molecule has 0 aliphatic rings. The Bertz CT molecular complexity index is 1240. The lowest BCUT2D eigenvalue weighted by Crippen LogP contribution is -2.14. The van der Waals surface area contributed by atoms with Crippen LogP contribution in [0, 0.1) is 5.82 Å². The number of nitrogens with one attached hydrogen (secondary N) is 1. The van der Waals surface area contributed by atoms with E-state index in [9.17, 15) is 9.50 Å². The summed E-state index contributed by atoms with van der Waals surface area (Å²) < 4.78 is 19.0. The molecule has 0 saturated heterocycles. The zero-order chi connectivity index (χ0) is 20.5. The number of aromatic nitrogens is 4. The summed E-state index contributed by atoms with van der Waals surface area (Å²) in [6.45, 7) is 0. The molecular formula is C17H10Br2FN7O2. The number of halogens is 3. The minimum absolute atomic E-state index is 0.0923. The Hall–Kier alpha value is -3.12. The van der Waals surface area contributed by atoms with Crippen molar-refractivity contribution >= 4 is 60.4 Å². The monoisotopic (exact) mass is 521 g/mol. The molecule has 0 aliphatic carbocycles. The van der Waals surface area contributed by atoms with Crippen molar-refractivity contribution in [3.63, 3.8) is 0 Å². The molecule has 4 N–H and O–H groups in total. The second kappa shape index (κ2) is 7.72. The molecule has 12 heteroatoms. The van der Waals surface area contributed by atoms with Crippen LogP contribution in [0.5, 0.6) is 5.75 Å². The third-order valence-corrected chi connectivity index (χ3v) is 4.92. The Morgan fingerprint density at radius 1 is 1.10 bits per heavy atom. The predicted molar refractivity (Wildman–Crippen MR) is 110 cm³/mol. The Morgan fingerprint density at radius 2 is 1.79 bits per heavy atom. The number of benzene rings is 2. The van der Waals surface area contributed by atoms with Crippen LogP contribution in [0.15, 0.2) is 55.1 Å². The summed E-state index contributed by atoms with van der Waals surface area (Å²) in [5.41, 5.74) is 1.41. The molecule has 0 atom stereocenters. The third kappa shape index (κ3) is 3.76. The minimum Gasteiger partial charge on any atom is -0.506 e. The maximum Gasteiger partial charge on any atom is 0.245 e. The van der Waals surface area contributed by atoms with E-state index in [2.05, 4.69) is 67.2 Å². The van der Waals surface area contributed by atoms with Crippen molar-refractivity contribution < 1.29 is 14.1 Å². The smallest absolute Gasteiger partial charge is 0.245 e. The van der Waals surface area contributed by atoms with Crippen molar-refractivity contribution in [2.24, 2.45) is 10.9 Å². The predicted octanol–water partition coefficient (Wildman–Crippen LogP) is 3.84. The first-order valence-corrected chi connectivity index (χ1v) is 9.54. The van der Waals surface area contributed by atoms with Gasteiger partial charge in [0.2, 0.25) is 11.3 Å². The van der Waals surface area contributed by atoms with Crippen LogP contribution in [0.3, 0.4) is 0 Å². The zero-order valence-electron chi connectivity index (χ0n) is 14.3. The lowest BCUT2D eigenvalue weighted by molar-refractivity contribution is 0.314. The second-order valence-electron chi connectivity index (χ2n) is 5.73. The molecule has 0 amide bonds. The Morgan fingerprint density at radius 3 is 2.48 bits per heavy atom. The Labute approximate surface area is 179 Å². The summed E-state index contributed by atoms with van der Waals surface area (Å²) >= 11 is 6.65. The van der Waals surface area contributed by atoms with E-state index in [-0.39, 0.29) is 40.1 Å². The summed E-state index contributed by atoms with van der Waals surface area (Å²) in [7, 11) is 0. The fourth-order valence-electron chi connectivity index (χ4n) is 2.56. The number of nitrogens with two attached hydrogens (primary N) is 1. The maximum absolute atomic E-state index is 13.2. The normalized spacial score (nSPS) is 11.8. The van der Waals surface area contributed by atoms with Gasteiger partial charge in [-0.15, -0.1) is 0 Å². The number of fused-ring (bicyclic) bond motifs is 1. The highest BCUT2D eigenvalue weighted by molar-refractivity contribution is 9.11. The largest absolute Gasteiger partial charge is 0.506 e. The number of anilines is 2. The molecule has 4 aromatic rings. The minimum atomic E-state index is -0.383. The SMILES string of the molecule is N/N=C(\c1cc(Br)cc(Br)c1O)c1nc2nonc2nc1Nc1ccc(F)cc1. The number of hydrazone groups is 1. The van der Waals surface area contributed by atoms with Gasteiger partial charge in [0.1, 0.15) is 23.0 Å². The van der Waals surface area contributed by atoms with E-state index in [0.29, 0.717) is 20.2 Å². The quantitative estimate of drug-likeness (QED) is 0.209. The number of rotatable bonds is 4. The van der Waals surface area contributed by atoms with Gasteiger partial charge in [-0.1, -0.05) is 15.9 Å². The van der Waals surface area contributed by atoms with Gasteiger partial charge < -0.3 is 16.3 Å². The lowest BCUT2D eigenvalue weighted by Gasteiger charge is -2.13. The van der Waals surface area contributed by atoms with Crippen molar-refractivity contribution in [1.29, 1.82) is 0 Å². The average Bonchev–Trinajstić information content (AvgIpc) is 3.15. The van der Waals surface area contributed by atoms with Gasteiger partial charge in [0, 0.05) is 15.7 Å². The molecule has 146 valence electrons. The lowest BCUT2D eigenvalue weighted by atomic mass is 10.1. The van der Waals surface area contributed by atoms with Gasteiger partial charge in [0.15, 0.2) is 5.82 Å². The summed E-state index contributed by atoms with van der Waals surface area (Å²) in [6, 6.07) is 8.93. The van der Waals surface area contributed by atoms with Gasteiger partial charge in [-0.2, -0.15) is 5.10 Å². The Kier molecular flexibility index (Phi) is 5.11. The molecule has 4 rings (SSSR count). The molecule has 0 saturated carbocycles. The van der Waals surface area contributed by atoms with Crippen LogP contribution < -0.4 is 11.2 Å². The molecule has 9 nitrogen and oxygen atoms in total. The summed E-state index contributed by atoms with van der Waals surface area (Å²) in [5, 5.41) is 24.7. The number of phenolic OH excluding ortho intramolecular Hbond substituents is 1. The van der Waals surface area contributed by atoms with Crippen LogP contribution in [-0.4, -0.2) is 31.1 Å². The zero-order valence-corrected chi connectivity index (χ0v) is 17.4. The molecule has 0 spiro atoms. The standard InChI is InChI=1S/C17H10Br2FN7O2/c18-7-5-10(14(28)11(19)6-7)12(25-21)13-15(22-9-3-1-8(20)2-4-9)24-17-16(23-13)26-29-27-17/h1-6,28H,21H2,(H,22,24,27)/b25-12+. The first-order chi connectivity index (χ1) is 14.0. The van der Waals surface area contributed by atoms with Gasteiger partial charge in [-0.25, -0.2) is 19.0 Å². The maximum atomic E-state index is 13.2.